The van der Waals surface area contributed by atoms with Crippen LogP contribution in [0.25, 0.3) is 11.1 Å². The Morgan fingerprint density at radius 1 is 1.06 bits per heavy atom. The number of hydrogen-bond acceptors (Lipinski definition) is 5. The number of nitrogens with one attached hydrogen (secondary N) is 3. The van der Waals surface area contributed by atoms with Crippen molar-refractivity contribution in [2.75, 3.05) is 6.54 Å². The molecule has 7 nitrogen and oxygen atoms in total. The lowest BCUT2D eigenvalue weighted by Crippen LogP contribution is -2.53. The number of rotatable bonds is 10. The third kappa shape index (κ3) is 6.93. The van der Waals surface area contributed by atoms with Crippen molar-refractivity contribution in [3.63, 3.8) is 0 Å². The number of aryl methyl sites for hydroxylation is 1. The fraction of sp³-hybridized carbons (Fsp3) is 0.333. The molecular weight excluding hydrogens is 394 g/mol. The van der Waals surface area contributed by atoms with Gasteiger partial charge in [0.2, 0.25) is 0 Å². The highest BCUT2D eigenvalue weighted by molar-refractivity contribution is 5.95. The van der Waals surface area contributed by atoms with E-state index in [2.05, 4.69) is 47.7 Å². The molecular formula is C24H29N3O4. The Labute approximate surface area is 182 Å². The van der Waals surface area contributed by atoms with E-state index in [9.17, 15) is 14.7 Å². The van der Waals surface area contributed by atoms with E-state index in [1.807, 2.05) is 12.1 Å². The summed E-state index contributed by atoms with van der Waals surface area (Å²) >= 11 is 0. The fourth-order valence-corrected chi connectivity index (χ4v) is 3.15. The molecule has 0 heterocycles. The summed E-state index contributed by atoms with van der Waals surface area (Å²) < 4.78 is 0. The van der Waals surface area contributed by atoms with Gasteiger partial charge in [0.05, 0.1) is 12.1 Å². The van der Waals surface area contributed by atoms with E-state index in [0.29, 0.717) is 5.56 Å². The number of carbonyl (C=O) groups excluding carboxylic acids is 2. The summed E-state index contributed by atoms with van der Waals surface area (Å²) in [7, 11) is 0. The zero-order chi connectivity index (χ0) is 22.8. The zero-order valence-electron chi connectivity index (χ0n) is 17.8. The van der Waals surface area contributed by atoms with Gasteiger partial charge in [0.15, 0.2) is 0 Å². The topological polar surface area (TPSA) is 111 Å². The van der Waals surface area contributed by atoms with E-state index in [-0.39, 0.29) is 18.9 Å². The van der Waals surface area contributed by atoms with Crippen LogP contribution in [-0.2, 0) is 11.2 Å². The Kier molecular flexibility index (Phi) is 9.22. The molecule has 2 amide bonds. The lowest BCUT2D eigenvalue weighted by Gasteiger charge is -2.23. The molecule has 31 heavy (non-hydrogen) atoms. The van der Waals surface area contributed by atoms with Crippen LogP contribution in [0.2, 0.25) is 0 Å². The van der Waals surface area contributed by atoms with Crippen molar-refractivity contribution in [3.8, 4) is 23.5 Å². The van der Waals surface area contributed by atoms with Gasteiger partial charge < -0.3 is 15.7 Å². The van der Waals surface area contributed by atoms with Crippen molar-refractivity contribution in [2.45, 2.75) is 44.9 Å². The largest absolute Gasteiger partial charge is 0.391 e. The average molecular weight is 424 g/mol. The first-order chi connectivity index (χ1) is 14.9. The van der Waals surface area contributed by atoms with Crippen LogP contribution in [0.4, 0.5) is 0 Å². The van der Waals surface area contributed by atoms with E-state index in [4.69, 9.17) is 11.6 Å². The zero-order valence-corrected chi connectivity index (χ0v) is 17.8. The Balaban J connectivity index is 2.03. The number of terminal acetylenes is 1. The van der Waals surface area contributed by atoms with Crippen molar-refractivity contribution in [3.05, 3.63) is 59.7 Å². The SMILES string of the molecule is C#CC[C@@H](CN[C@H](C(=O)NO)[C@@H](C)O)NC(=O)c1ccc(-c2ccc(CC)cc2)cc1. The van der Waals surface area contributed by atoms with Gasteiger partial charge in [0, 0.05) is 18.5 Å². The Hall–Kier alpha value is -3.18. The molecule has 0 aliphatic carbocycles. The Bertz CT molecular complexity index is 902. The van der Waals surface area contributed by atoms with Gasteiger partial charge in [0.1, 0.15) is 6.04 Å². The number of benzene rings is 2. The first-order valence-corrected chi connectivity index (χ1v) is 10.2. The van der Waals surface area contributed by atoms with Crippen LogP contribution in [0.5, 0.6) is 0 Å². The van der Waals surface area contributed by atoms with Crippen molar-refractivity contribution in [1.29, 1.82) is 0 Å². The van der Waals surface area contributed by atoms with Gasteiger partial charge in [0.25, 0.3) is 11.8 Å². The predicted octanol–water partition coefficient (Wildman–Crippen LogP) is 1.88. The van der Waals surface area contributed by atoms with Gasteiger partial charge in [-0.05, 0) is 42.2 Å². The molecule has 0 spiro atoms. The fourth-order valence-electron chi connectivity index (χ4n) is 3.15. The monoisotopic (exact) mass is 423 g/mol. The van der Waals surface area contributed by atoms with Gasteiger partial charge in [-0.3, -0.25) is 14.8 Å². The second-order valence-electron chi connectivity index (χ2n) is 7.31. The highest BCUT2D eigenvalue weighted by Crippen LogP contribution is 2.20. The maximum absolute atomic E-state index is 12.7. The summed E-state index contributed by atoms with van der Waals surface area (Å²) in [6.07, 6.45) is 5.57. The average Bonchev–Trinajstić information content (AvgIpc) is 2.79. The van der Waals surface area contributed by atoms with Crippen LogP contribution in [0.15, 0.2) is 48.5 Å². The van der Waals surface area contributed by atoms with Crippen LogP contribution in [0.1, 0.15) is 36.2 Å². The van der Waals surface area contributed by atoms with E-state index < -0.39 is 24.1 Å². The number of hydrogen-bond donors (Lipinski definition) is 5. The Morgan fingerprint density at radius 3 is 2.13 bits per heavy atom. The maximum atomic E-state index is 12.7. The third-order valence-electron chi connectivity index (χ3n) is 5.00. The van der Waals surface area contributed by atoms with E-state index in [0.717, 1.165) is 17.5 Å². The molecule has 164 valence electrons. The Morgan fingerprint density at radius 2 is 1.65 bits per heavy atom. The minimum atomic E-state index is -1.05. The summed E-state index contributed by atoms with van der Waals surface area (Å²) in [6, 6.07) is 14.1. The first kappa shape index (κ1) is 24.1. The molecule has 0 unspecified atom stereocenters. The smallest absolute Gasteiger partial charge is 0.263 e. The lowest BCUT2D eigenvalue weighted by molar-refractivity contribution is -0.133. The molecule has 2 rings (SSSR count). The van der Waals surface area contributed by atoms with Gasteiger partial charge in [-0.25, -0.2) is 5.48 Å². The molecule has 0 radical (unpaired) electrons. The van der Waals surface area contributed by atoms with Gasteiger partial charge >= 0.3 is 0 Å². The third-order valence-corrected chi connectivity index (χ3v) is 5.00. The number of carbonyl (C=O) groups is 2. The second kappa shape index (κ2) is 11.9. The highest BCUT2D eigenvalue weighted by Gasteiger charge is 2.24. The number of hydroxylamine groups is 1. The maximum Gasteiger partial charge on any atom is 0.263 e. The van der Waals surface area contributed by atoms with Crippen molar-refractivity contribution in [1.82, 2.24) is 16.1 Å². The van der Waals surface area contributed by atoms with Gasteiger partial charge in [-0.15, -0.1) is 12.3 Å². The van der Waals surface area contributed by atoms with Crippen molar-refractivity contribution < 1.29 is 19.9 Å². The number of aliphatic hydroxyl groups is 1. The predicted molar refractivity (Wildman–Crippen MR) is 119 cm³/mol. The standard InChI is InChI=1S/C24H29N3O4/c1-4-6-21(15-25-22(16(3)28)24(30)27-31)26-23(29)20-13-11-19(12-14-20)18-9-7-17(5-2)8-10-18/h1,7-14,16,21-22,25,28,31H,5-6,15H2,2-3H3,(H,26,29)(H,27,30)/t16-,21+,22+/m1/s1. The summed E-state index contributed by atoms with van der Waals surface area (Å²) in [5.74, 6) is 1.42. The number of amides is 2. The minimum absolute atomic E-state index is 0.140. The van der Waals surface area contributed by atoms with Gasteiger partial charge in [-0.1, -0.05) is 43.3 Å². The van der Waals surface area contributed by atoms with Crippen LogP contribution in [0.3, 0.4) is 0 Å². The summed E-state index contributed by atoms with van der Waals surface area (Å²) in [6.45, 7) is 3.66. The number of aliphatic hydroxyl groups excluding tert-OH is 1. The molecule has 7 heteroatoms. The quantitative estimate of drug-likeness (QED) is 0.228. The molecule has 2 aromatic rings. The van der Waals surface area contributed by atoms with Crippen molar-refractivity contribution >= 4 is 11.8 Å². The van der Waals surface area contributed by atoms with Crippen LogP contribution >= 0.6 is 0 Å². The molecule has 0 fully saturated rings. The summed E-state index contributed by atoms with van der Waals surface area (Å²) in [5.41, 5.74) is 5.34. The van der Waals surface area contributed by atoms with Gasteiger partial charge in [-0.2, -0.15) is 0 Å². The second-order valence-corrected chi connectivity index (χ2v) is 7.31. The minimum Gasteiger partial charge on any atom is -0.391 e. The van der Waals surface area contributed by atoms with Crippen LogP contribution < -0.4 is 16.1 Å². The molecule has 0 saturated heterocycles. The molecule has 0 aliphatic heterocycles. The van der Waals surface area contributed by atoms with Crippen molar-refractivity contribution in [2.24, 2.45) is 0 Å². The molecule has 0 aromatic heterocycles. The van der Waals surface area contributed by atoms with E-state index >= 15 is 0 Å². The van der Waals surface area contributed by atoms with Crippen LogP contribution in [-0.4, -0.2) is 46.9 Å². The molecule has 0 saturated carbocycles. The van der Waals surface area contributed by atoms with E-state index in [1.54, 1.807) is 12.1 Å². The summed E-state index contributed by atoms with van der Waals surface area (Å²) in [5, 5.41) is 24.2. The summed E-state index contributed by atoms with van der Waals surface area (Å²) in [4.78, 5) is 24.3. The molecule has 5 N–H and O–H groups in total. The molecule has 3 atom stereocenters. The highest BCUT2D eigenvalue weighted by atomic mass is 16.5. The molecule has 2 aromatic carbocycles. The molecule has 0 aliphatic rings. The van der Waals surface area contributed by atoms with Crippen LogP contribution in [0, 0.1) is 12.3 Å². The first-order valence-electron chi connectivity index (χ1n) is 10.2. The van der Waals surface area contributed by atoms with E-state index in [1.165, 1.54) is 18.0 Å². The lowest BCUT2D eigenvalue weighted by atomic mass is 10.0. The normalized spacial score (nSPS) is 13.5. The molecule has 0 bridgehead atoms.